The summed E-state index contributed by atoms with van der Waals surface area (Å²) < 4.78 is 26.2. The fourth-order valence-electron chi connectivity index (χ4n) is 2.67. The molecule has 0 radical (unpaired) electrons. The van der Waals surface area contributed by atoms with Gasteiger partial charge < -0.3 is 20.9 Å². The van der Waals surface area contributed by atoms with E-state index in [9.17, 15) is 9.18 Å². The van der Waals surface area contributed by atoms with E-state index in [1.807, 2.05) is 30.3 Å². The van der Waals surface area contributed by atoms with Crippen LogP contribution in [0.4, 0.5) is 10.1 Å². The molecular formula is C22H20ClFN2O3. The molecule has 0 saturated carbocycles. The van der Waals surface area contributed by atoms with E-state index in [2.05, 4.69) is 0 Å². The minimum atomic E-state index is -0.637. The number of hydrogen-bond acceptors (Lipinski definition) is 4. The smallest absolute Gasteiger partial charge is 0.217 e. The van der Waals surface area contributed by atoms with Crippen LogP contribution in [0.1, 0.15) is 17.5 Å². The summed E-state index contributed by atoms with van der Waals surface area (Å²) in [4.78, 5) is 11.0. The van der Waals surface area contributed by atoms with Crippen LogP contribution in [-0.4, -0.2) is 5.91 Å². The van der Waals surface area contributed by atoms with Gasteiger partial charge in [0.15, 0.2) is 11.6 Å². The van der Waals surface area contributed by atoms with Crippen molar-refractivity contribution in [2.75, 3.05) is 5.73 Å². The van der Waals surface area contributed by atoms with E-state index in [0.717, 1.165) is 5.56 Å². The quantitative estimate of drug-likeness (QED) is 0.516. The average Bonchev–Trinajstić information content (AvgIpc) is 2.71. The lowest BCUT2D eigenvalue weighted by Gasteiger charge is -2.14. The Hall–Kier alpha value is -3.25. The highest BCUT2D eigenvalue weighted by Crippen LogP contribution is 2.36. The summed E-state index contributed by atoms with van der Waals surface area (Å²) in [7, 11) is 0. The molecule has 0 aliphatic rings. The highest BCUT2D eigenvalue weighted by Gasteiger charge is 2.16. The molecule has 0 aliphatic carbocycles. The van der Waals surface area contributed by atoms with Crippen LogP contribution in [0, 0.1) is 5.82 Å². The van der Waals surface area contributed by atoms with Crippen LogP contribution in [-0.2, 0) is 17.8 Å². The maximum Gasteiger partial charge on any atom is 0.217 e. The maximum absolute atomic E-state index is 14.8. The molecule has 0 unspecified atom stereocenters. The third-order valence-corrected chi connectivity index (χ3v) is 4.51. The van der Waals surface area contributed by atoms with Gasteiger partial charge in [-0.15, -0.1) is 0 Å². The molecule has 1 amide bonds. The van der Waals surface area contributed by atoms with Crippen LogP contribution in [0.15, 0.2) is 60.7 Å². The van der Waals surface area contributed by atoms with Gasteiger partial charge in [-0.25, -0.2) is 4.39 Å². The predicted molar refractivity (Wildman–Crippen MR) is 111 cm³/mol. The molecule has 29 heavy (non-hydrogen) atoms. The van der Waals surface area contributed by atoms with E-state index in [0.29, 0.717) is 29.4 Å². The van der Waals surface area contributed by atoms with E-state index < -0.39 is 11.7 Å². The first-order valence-corrected chi connectivity index (χ1v) is 9.31. The largest absolute Gasteiger partial charge is 0.487 e. The van der Waals surface area contributed by atoms with Crippen molar-refractivity contribution in [2.45, 2.75) is 19.4 Å². The van der Waals surface area contributed by atoms with Crippen molar-refractivity contribution in [1.82, 2.24) is 0 Å². The molecule has 0 bridgehead atoms. The summed E-state index contributed by atoms with van der Waals surface area (Å²) in [6, 6.07) is 17.4. The van der Waals surface area contributed by atoms with E-state index in [1.165, 1.54) is 12.1 Å². The fourth-order valence-corrected chi connectivity index (χ4v) is 2.86. The Kier molecular flexibility index (Phi) is 6.57. The summed E-state index contributed by atoms with van der Waals surface area (Å²) in [6.07, 6.45) is 0.180. The van der Waals surface area contributed by atoms with Crippen molar-refractivity contribution in [2.24, 2.45) is 5.73 Å². The molecule has 0 saturated heterocycles. The van der Waals surface area contributed by atoms with Crippen LogP contribution >= 0.6 is 11.6 Å². The van der Waals surface area contributed by atoms with Gasteiger partial charge in [-0.05, 0) is 35.7 Å². The monoisotopic (exact) mass is 414 g/mol. The zero-order chi connectivity index (χ0) is 20.8. The Balaban J connectivity index is 1.79. The molecule has 0 atom stereocenters. The molecule has 0 spiro atoms. The summed E-state index contributed by atoms with van der Waals surface area (Å²) in [5, 5.41) is 0.105. The molecule has 5 nitrogen and oxygen atoms in total. The normalized spacial score (nSPS) is 10.6. The van der Waals surface area contributed by atoms with Crippen LogP contribution in [0.3, 0.4) is 0 Å². The summed E-state index contributed by atoms with van der Waals surface area (Å²) >= 11 is 6.11. The van der Waals surface area contributed by atoms with Gasteiger partial charge in [0.25, 0.3) is 0 Å². The van der Waals surface area contributed by atoms with Crippen LogP contribution in [0.5, 0.6) is 17.2 Å². The third-order valence-electron chi connectivity index (χ3n) is 4.21. The molecule has 4 N–H and O–H groups in total. The Labute approximate surface area is 173 Å². The lowest BCUT2D eigenvalue weighted by molar-refractivity contribution is -0.118. The topological polar surface area (TPSA) is 87.6 Å². The number of ether oxygens (including phenoxy) is 2. The number of hydrogen-bond donors (Lipinski definition) is 2. The number of anilines is 1. The second kappa shape index (κ2) is 9.30. The van der Waals surface area contributed by atoms with Crippen molar-refractivity contribution in [3.63, 3.8) is 0 Å². The van der Waals surface area contributed by atoms with E-state index in [1.54, 1.807) is 18.2 Å². The Morgan fingerprint density at radius 1 is 1.07 bits per heavy atom. The Morgan fingerprint density at radius 3 is 2.55 bits per heavy atom. The Morgan fingerprint density at radius 2 is 1.83 bits per heavy atom. The van der Waals surface area contributed by atoms with Crippen molar-refractivity contribution >= 4 is 23.2 Å². The average molecular weight is 415 g/mol. The fraction of sp³-hybridized carbons (Fsp3) is 0.136. The van der Waals surface area contributed by atoms with E-state index >= 15 is 0 Å². The zero-order valence-electron chi connectivity index (χ0n) is 15.5. The molecule has 3 rings (SSSR count). The third kappa shape index (κ3) is 5.39. The van der Waals surface area contributed by atoms with Gasteiger partial charge in [-0.1, -0.05) is 48.0 Å². The van der Waals surface area contributed by atoms with Crippen LogP contribution < -0.4 is 20.9 Å². The first kappa shape index (κ1) is 20.5. The van der Waals surface area contributed by atoms with E-state index in [4.69, 9.17) is 32.5 Å². The summed E-state index contributed by atoms with van der Waals surface area (Å²) in [5.74, 6) is -0.557. The number of nitrogens with two attached hydrogens (primary N) is 2. The summed E-state index contributed by atoms with van der Waals surface area (Å²) in [6.45, 7) is 0.326. The number of rotatable bonds is 8. The minimum absolute atomic E-state index is 0.0251. The zero-order valence-corrected chi connectivity index (χ0v) is 16.3. The van der Waals surface area contributed by atoms with Gasteiger partial charge in [-0.2, -0.15) is 0 Å². The molecule has 3 aromatic carbocycles. The predicted octanol–water partition coefficient (Wildman–Crippen LogP) is 4.85. The second-order valence-corrected chi connectivity index (χ2v) is 6.80. The van der Waals surface area contributed by atoms with Gasteiger partial charge in [0.05, 0.1) is 10.7 Å². The van der Waals surface area contributed by atoms with Gasteiger partial charge >= 0.3 is 0 Å². The highest BCUT2D eigenvalue weighted by molar-refractivity contribution is 6.32. The molecular weight excluding hydrogens is 395 g/mol. The van der Waals surface area contributed by atoms with Gasteiger partial charge in [-0.3, -0.25) is 4.79 Å². The number of nitrogen functional groups attached to an aromatic ring is 1. The molecule has 3 aromatic rings. The van der Waals surface area contributed by atoms with Crippen molar-refractivity contribution in [3.05, 3.63) is 82.6 Å². The molecule has 0 aromatic heterocycles. The maximum atomic E-state index is 14.8. The van der Waals surface area contributed by atoms with Gasteiger partial charge in [0.2, 0.25) is 5.91 Å². The lowest BCUT2D eigenvalue weighted by Crippen LogP contribution is -2.11. The van der Waals surface area contributed by atoms with Crippen molar-refractivity contribution in [3.8, 4) is 17.2 Å². The van der Waals surface area contributed by atoms with E-state index in [-0.39, 0.29) is 23.6 Å². The molecule has 150 valence electrons. The number of carbonyl (C=O) groups is 1. The Bertz CT molecular complexity index is 1010. The lowest BCUT2D eigenvalue weighted by atomic mass is 10.1. The SMILES string of the molecule is NC(=O)CCc1ccc(Cl)c(Oc2ccc(N)c(OCc3ccccc3)c2)c1F. The minimum Gasteiger partial charge on any atom is -0.487 e. The first-order chi connectivity index (χ1) is 13.9. The van der Waals surface area contributed by atoms with Gasteiger partial charge in [0.1, 0.15) is 18.1 Å². The van der Waals surface area contributed by atoms with Crippen molar-refractivity contribution < 1.29 is 18.7 Å². The molecule has 0 heterocycles. The molecule has 0 aliphatic heterocycles. The highest BCUT2D eigenvalue weighted by atomic mass is 35.5. The number of halogens is 2. The number of benzene rings is 3. The number of amides is 1. The second-order valence-electron chi connectivity index (χ2n) is 6.39. The standard InChI is InChI=1S/C22H20ClFN2O3/c23-17-9-6-15(7-11-20(26)27)21(24)22(17)29-16-8-10-18(25)19(12-16)28-13-14-4-2-1-3-5-14/h1-6,8-10,12H,7,11,13,25H2,(H2,26,27). The van der Waals surface area contributed by atoms with Crippen molar-refractivity contribution in [1.29, 1.82) is 0 Å². The summed E-state index contributed by atoms with van der Waals surface area (Å²) in [5.41, 5.74) is 12.8. The van der Waals surface area contributed by atoms with Gasteiger partial charge in [0, 0.05) is 12.5 Å². The molecule has 0 fully saturated rings. The van der Waals surface area contributed by atoms with Crippen LogP contribution in [0.25, 0.3) is 0 Å². The first-order valence-electron chi connectivity index (χ1n) is 8.93. The number of carbonyl (C=O) groups excluding carboxylic acids is 1. The van der Waals surface area contributed by atoms with Crippen LogP contribution in [0.2, 0.25) is 5.02 Å². The molecule has 7 heteroatoms. The number of aryl methyl sites for hydroxylation is 1. The number of primary amides is 1.